The Morgan fingerprint density at radius 3 is 2.50 bits per heavy atom. The van der Waals surface area contributed by atoms with Crippen molar-refractivity contribution in [2.45, 2.75) is 32.7 Å². The quantitative estimate of drug-likeness (QED) is 0.781. The Hall–Kier alpha value is -1.12. The van der Waals surface area contributed by atoms with Crippen molar-refractivity contribution in [3.63, 3.8) is 0 Å². The Labute approximate surface area is 130 Å². The number of hydrogen-bond donors (Lipinski definition) is 1. The molecule has 2 aromatic carbocycles. The molecule has 106 valence electrons. The molecule has 0 aliphatic carbocycles. The van der Waals surface area contributed by atoms with E-state index in [1.54, 1.807) is 0 Å². The van der Waals surface area contributed by atoms with Crippen molar-refractivity contribution in [1.29, 1.82) is 0 Å². The molecule has 0 aliphatic heterocycles. The van der Waals surface area contributed by atoms with Gasteiger partial charge < -0.3 is 5.32 Å². The molecule has 0 aliphatic rings. The summed E-state index contributed by atoms with van der Waals surface area (Å²) >= 11 is 3.64. The Balaban J connectivity index is 2.25. The highest BCUT2D eigenvalue weighted by atomic mass is 79.9. The minimum Gasteiger partial charge on any atom is -0.310 e. The van der Waals surface area contributed by atoms with Gasteiger partial charge in [0.1, 0.15) is 0 Å². The molecule has 20 heavy (non-hydrogen) atoms. The average Bonchev–Trinajstić information content (AvgIpc) is 2.48. The Bertz CT molecular complexity index is 536. The fourth-order valence-corrected chi connectivity index (χ4v) is 2.84. The van der Waals surface area contributed by atoms with Crippen LogP contribution in [0.15, 0.2) is 53.0 Å². The van der Waals surface area contributed by atoms with Crippen LogP contribution >= 0.6 is 15.9 Å². The highest BCUT2D eigenvalue weighted by Crippen LogP contribution is 2.27. The normalized spacial score (nSPS) is 12.3. The van der Waals surface area contributed by atoms with Gasteiger partial charge in [0.15, 0.2) is 0 Å². The van der Waals surface area contributed by atoms with Gasteiger partial charge in [-0.15, -0.1) is 0 Å². The van der Waals surface area contributed by atoms with E-state index >= 15 is 0 Å². The summed E-state index contributed by atoms with van der Waals surface area (Å²) in [5, 5.41) is 3.68. The lowest BCUT2D eigenvalue weighted by molar-refractivity contribution is 0.527. The Morgan fingerprint density at radius 1 is 1.05 bits per heavy atom. The minimum atomic E-state index is 0.370. The van der Waals surface area contributed by atoms with Gasteiger partial charge in [0.05, 0.1) is 0 Å². The molecule has 1 N–H and O–H groups in total. The van der Waals surface area contributed by atoms with Crippen molar-refractivity contribution in [3.05, 3.63) is 69.7 Å². The molecule has 1 nitrogen and oxygen atoms in total. The molecule has 0 spiro atoms. The van der Waals surface area contributed by atoms with Gasteiger partial charge in [-0.05, 0) is 49.1 Å². The summed E-state index contributed by atoms with van der Waals surface area (Å²) in [6.07, 6.45) is 2.18. The molecule has 0 heterocycles. The van der Waals surface area contributed by atoms with Crippen LogP contribution in [0.4, 0.5) is 0 Å². The fourth-order valence-electron chi connectivity index (χ4n) is 2.46. The molecule has 0 bridgehead atoms. The van der Waals surface area contributed by atoms with Gasteiger partial charge in [0.2, 0.25) is 0 Å². The third-order valence-electron chi connectivity index (χ3n) is 3.61. The summed E-state index contributed by atoms with van der Waals surface area (Å²) in [6.45, 7) is 5.44. The molecule has 0 fully saturated rings. The standard InChI is InChI=1S/C18H22BrN/c1-3-12-20-18(13-15-8-5-4-6-9-15)16-10-7-11-17(19)14(16)2/h4-11,18,20H,3,12-13H2,1-2H3. The monoisotopic (exact) mass is 331 g/mol. The van der Waals surface area contributed by atoms with Crippen LogP contribution in [0.1, 0.15) is 36.1 Å². The van der Waals surface area contributed by atoms with E-state index in [-0.39, 0.29) is 0 Å². The maximum atomic E-state index is 3.68. The van der Waals surface area contributed by atoms with E-state index in [9.17, 15) is 0 Å². The smallest absolute Gasteiger partial charge is 0.0363 e. The van der Waals surface area contributed by atoms with Crippen LogP contribution < -0.4 is 5.32 Å². The topological polar surface area (TPSA) is 12.0 Å². The summed E-state index contributed by atoms with van der Waals surface area (Å²) in [4.78, 5) is 0. The predicted molar refractivity (Wildman–Crippen MR) is 90.1 cm³/mol. The Morgan fingerprint density at radius 2 is 1.80 bits per heavy atom. The lowest BCUT2D eigenvalue weighted by Gasteiger charge is -2.22. The van der Waals surface area contributed by atoms with E-state index < -0.39 is 0 Å². The summed E-state index contributed by atoms with van der Waals surface area (Å²) in [5.41, 5.74) is 4.09. The number of rotatable bonds is 6. The van der Waals surface area contributed by atoms with Gasteiger partial charge in [-0.1, -0.05) is 65.3 Å². The van der Waals surface area contributed by atoms with E-state index in [0.717, 1.165) is 19.4 Å². The van der Waals surface area contributed by atoms with Crippen molar-refractivity contribution in [2.24, 2.45) is 0 Å². The molecular weight excluding hydrogens is 310 g/mol. The number of nitrogens with one attached hydrogen (secondary N) is 1. The van der Waals surface area contributed by atoms with Crippen LogP contribution in [0, 0.1) is 6.92 Å². The largest absolute Gasteiger partial charge is 0.310 e. The molecule has 1 unspecified atom stereocenters. The van der Waals surface area contributed by atoms with Gasteiger partial charge in [0, 0.05) is 10.5 Å². The summed E-state index contributed by atoms with van der Waals surface area (Å²) in [5.74, 6) is 0. The van der Waals surface area contributed by atoms with Gasteiger partial charge >= 0.3 is 0 Å². The van der Waals surface area contributed by atoms with Crippen LogP contribution in [0.5, 0.6) is 0 Å². The van der Waals surface area contributed by atoms with Crippen LogP contribution in [0.2, 0.25) is 0 Å². The maximum Gasteiger partial charge on any atom is 0.0363 e. The highest BCUT2D eigenvalue weighted by molar-refractivity contribution is 9.10. The highest BCUT2D eigenvalue weighted by Gasteiger charge is 2.14. The number of halogens is 1. The molecule has 2 rings (SSSR count). The van der Waals surface area contributed by atoms with E-state index in [2.05, 4.69) is 83.6 Å². The number of benzene rings is 2. The summed E-state index contributed by atoms with van der Waals surface area (Å²) < 4.78 is 1.19. The van der Waals surface area contributed by atoms with Gasteiger partial charge in [-0.3, -0.25) is 0 Å². The SMILES string of the molecule is CCCNC(Cc1ccccc1)c1cccc(Br)c1C. The zero-order valence-corrected chi connectivity index (χ0v) is 13.8. The molecule has 1 atom stereocenters. The van der Waals surface area contributed by atoms with Crippen LogP contribution in [0.3, 0.4) is 0 Å². The third-order valence-corrected chi connectivity index (χ3v) is 4.47. The first-order valence-corrected chi connectivity index (χ1v) is 8.04. The van der Waals surface area contributed by atoms with Gasteiger partial charge in [0.25, 0.3) is 0 Å². The van der Waals surface area contributed by atoms with Crippen molar-refractivity contribution >= 4 is 15.9 Å². The molecule has 0 aromatic heterocycles. The van der Waals surface area contributed by atoms with E-state index in [4.69, 9.17) is 0 Å². The van der Waals surface area contributed by atoms with Crippen LogP contribution in [-0.4, -0.2) is 6.54 Å². The summed E-state index contributed by atoms with van der Waals surface area (Å²) in [7, 11) is 0. The average molecular weight is 332 g/mol. The molecule has 2 aromatic rings. The van der Waals surface area contributed by atoms with Crippen molar-refractivity contribution in [1.82, 2.24) is 5.32 Å². The lowest BCUT2D eigenvalue weighted by Crippen LogP contribution is -2.24. The Kier molecular flexibility index (Phi) is 5.81. The second-order valence-electron chi connectivity index (χ2n) is 5.15. The number of hydrogen-bond acceptors (Lipinski definition) is 1. The molecule has 0 amide bonds. The second kappa shape index (κ2) is 7.61. The van der Waals surface area contributed by atoms with E-state index in [1.807, 2.05) is 0 Å². The molecular formula is C18H22BrN. The van der Waals surface area contributed by atoms with Gasteiger partial charge in [-0.25, -0.2) is 0 Å². The van der Waals surface area contributed by atoms with Gasteiger partial charge in [-0.2, -0.15) is 0 Å². The summed E-state index contributed by atoms with van der Waals surface area (Å²) in [6, 6.07) is 17.5. The zero-order chi connectivity index (χ0) is 14.4. The fraction of sp³-hybridized carbons (Fsp3) is 0.333. The lowest BCUT2D eigenvalue weighted by atomic mass is 9.95. The van der Waals surface area contributed by atoms with Crippen molar-refractivity contribution in [2.75, 3.05) is 6.54 Å². The molecule has 0 saturated heterocycles. The predicted octanol–water partition coefficient (Wildman–Crippen LogP) is 5.04. The molecule has 0 saturated carbocycles. The van der Waals surface area contributed by atoms with Crippen LogP contribution in [-0.2, 0) is 6.42 Å². The second-order valence-corrected chi connectivity index (χ2v) is 6.00. The van der Waals surface area contributed by atoms with Crippen molar-refractivity contribution in [3.8, 4) is 0 Å². The third kappa shape index (κ3) is 3.94. The van der Waals surface area contributed by atoms with E-state index in [0.29, 0.717) is 6.04 Å². The maximum absolute atomic E-state index is 3.68. The molecule has 2 heteroatoms. The first-order chi connectivity index (χ1) is 9.72. The zero-order valence-electron chi connectivity index (χ0n) is 12.2. The van der Waals surface area contributed by atoms with E-state index in [1.165, 1.54) is 21.2 Å². The first kappa shape index (κ1) is 15.3. The minimum absolute atomic E-state index is 0.370. The molecule has 0 radical (unpaired) electrons. The van der Waals surface area contributed by atoms with Crippen LogP contribution in [0.25, 0.3) is 0 Å². The first-order valence-electron chi connectivity index (χ1n) is 7.24. The van der Waals surface area contributed by atoms with Crippen molar-refractivity contribution < 1.29 is 0 Å².